The van der Waals surface area contributed by atoms with E-state index in [-0.39, 0.29) is 5.91 Å². The fourth-order valence-electron chi connectivity index (χ4n) is 1.57. The van der Waals surface area contributed by atoms with Crippen molar-refractivity contribution < 1.29 is 4.79 Å². The second-order valence-electron chi connectivity index (χ2n) is 3.97. The highest BCUT2D eigenvalue weighted by Crippen LogP contribution is 2.10. The molecule has 0 radical (unpaired) electrons. The van der Waals surface area contributed by atoms with E-state index >= 15 is 0 Å². The maximum absolute atomic E-state index is 11.9. The molecule has 1 amide bonds. The van der Waals surface area contributed by atoms with Crippen LogP contribution in [-0.2, 0) is 0 Å². The summed E-state index contributed by atoms with van der Waals surface area (Å²) in [7, 11) is 0. The van der Waals surface area contributed by atoms with Crippen molar-refractivity contribution in [3.63, 3.8) is 0 Å². The van der Waals surface area contributed by atoms with Gasteiger partial charge in [0.1, 0.15) is 0 Å². The lowest BCUT2D eigenvalue weighted by atomic mass is 10.0. The summed E-state index contributed by atoms with van der Waals surface area (Å²) in [6.07, 6.45) is 1.99. The first-order valence-electron chi connectivity index (χ1n) is 5.77. The molecule has 0 heterocycles. The molecule has 0 spiro atoms. The lowest BCUT2D eigenvalue weighted by Gasteiger charge is -2.14. The van der Waals surface area contributed by atoms with Gasteiger partial charge in [0.15, 0.2) is 0 Å². The van der Waals surface area contributed by atoms with Crippen LogP contribution in [0.25, 0.3) is 0 Å². The number of carbonyl (C=O) groups is 1. The fraction of sp³-hybridized carbons (Fsp3) is 0.462. The Bertz CT molecular complexity index is 370. The largest absolute Gasteiger partial charge is 0.352 e. The van der Waals surface area contributed by atoms with Gasteiger partial charge in [0, 0.05) is 21.6 Å². The molecule has 0 saturated heterocycles. The highest BCUT2D eigenvalue weighted by Gasteiger charge is 2.09. The quantitative estimate of drug-likeness (QED) is 0.605. The number of carbonyl (C=O) groups excluding carboxylic acids is 1. The number of nitrogens with one attached hydrogen (secondary N) is 1. The Morgan fingerprint density at radius 3 is 2.88 bits per heavy atom. The van der Waals surface area contributed by atoms with Gasteiger partial charge < -0.3 is 5.32 Å². The van der Waals surface area contributed by atoms with E-state index in [9.17, 15) is 4.79 Å². The number of amides is 1. The number of rotatable bonds is 6. The Labute approximate surface area is 121 Å². The predicted molar refractivity (Wildman–Crippen MR) is 80.6 cm³/mol. The fourth-order valence-corrected chi connectivity index (χ4v) is 2.43. The van der Waals surface area contributed by atoms with Crippen LogP contribution in [0.5, 0.6) is 0 Å². The molecule has 94 valence electrons. The third-order valence-corrected chi connectivity index (χ3v) is 3.62. The van der Waals surface area contributed by atoms with E-state index in [0.29, 0.717) is 18.3 Å². The third kappa shape index (κ3) is 5.25. The summed E-state index contributed by atoms with van der Waals surface area (Å²) in [5, 5.41) is 2.96. The first-order chi connectivity index (χ1) is 8.17. The van der Waals surface area contributed by atoms with Crippen molar-refractivity contribution in [2.75, 3.05) is 12.4 Å². The molecule has 1 rings (SSSR count). The van der Waals surface area contributed by atoms with Crippen molar-refractivity contribution in [3.8, 4) is 0 Å². The molecule has 2 nitrogen and oxygen atoms in total. The van der Waals surface area contributed by atoms with E-state index in [2.05, 4.69) is 34.8 Å². The molecule has 0 saturated carbocycles. The second kappa shape index (κ2) is 7.93. The second-order valence-corrected chi connectivity index (χ2v) is 5.60. The van der Waals surface area contributed by atoms with E-state index in [1.807, 2.05) is 24.3 Å². The van der Waals surface area contributed by atoms with Crippen molar-refractivity contribution in [1.82, 2.24) is 5.32 Å². The maximum Gasteiger partial charge on any atom is 0.251 e. The standard InChI is InChI=1S/C13H17ClINO/c1-2-10(6-7-14)9-16-13(17)11-4-3-5-12(15)8-11/h3-5,8,10H,2,6-7,9H2,1H3,(H,16,17). The van der Waals surface area contributed by atoms with Crippen molar-refractivity contribution in [2.24, 2.45) is 5.92 Å². The SMILES string of the molecule is CCC(CCCl)CNC(=O)c1cccc(I)c1. The highest BCUT2D eigenvalue weighted by molar-refractivity contribution is 14.1. The average molecular weight is 366 g/mol. The van der Waals surface area contributed by atoms with Gasteiger partial charge in [-0.25, -0.2) is 0 Å². The van der Waals surface area contributed by atoms with Crippen LogP contribution in [0.1, 0.15) is 30.1 Å². The zero-order valence-electron chi connectivity index (χ0n) is 9.88. The van der Waals surface area contributed by atoms with Crippen LogP contribution in [0, 0.1) is 9.49 Å². The number of hydrogen-bond donors (Lipinski definition) is 1. The number of hydrogen-bond acceptors (Lipinski definition) is 1. The van der Waals surface area contributed by atoms with Gasteiger partial charge in [0.2, 0.25) is 0 Å². The summed E-state index contributed by atoms with van der Waals surface area (Å²) in [5.74, 6) is 1.12. The molecule has 4 heteroatoms. The molecule has 1 aromatic rings. The van der Waals surface area contributed by atoms with Crippen LogP contribution in [0.3, 0.4) is 0 Å². The third-order valence-electron chi connectivity index (χ3n) is 2.73. The van der Waals surface area contributed by atoms with E-state index < -0.39 is 0 Å². The van der Waals surface area contributed by atoms with Gasteiger partial charge in [-0.1, -0.05) is 19.4 Å². The van der Waals surface area contributed by atoms with Gasteiger partial charge in [-0.15, -0.1) is 11.6 Å². The van der Waals surface area contributed by atoms with E-state index in [1.165, 1.54) is 0 Å². The minimum absolute atomic E-state index is 0.00321. The molecular weight excluding hydrogens is 349 g/mol. The first kappa shape index (κ1) is 14.8. The minimum Gasteiger partial charge on any atom is -0.352 e. The Balaban J connectivity index is 2.49. The van der Waals surface area contributed by atoms with Gasteiger partial charge in [0.05, 0.1) is 0 Å². The predicted octanol–water partition coefficient (Wildman–Crippen LogP) is 3.68. The molecule has 17 heavy (non-hydrogen) atoms. The molecular formula is C13H17ClINO. The van der Waals surface area contributed by atoms with Crippen LogP contribution in [0.15, 0.2) is 24.3 Å². The monoisotopic (exact) mass is 365 g/mol. The lowest BCUT2D eigenvalue weighted by molar-refractivity contribution is 0.0946. The van der Waals surface area contributed by atoms with Crippen molar-refractivity contribution >= 4 is 40.1 Å². The summed E-state index contributed by atoms with van der Waals surface area (Å²) >= 11 is 7.92. The molecule has 1 atom stereocenters. The van der Waals surface area contributed by atoms with Crippen LogP contribution < -0.4 is 5.32 Å². The first-order valence-corrected chi connectivity index (χ1v) is 7.38. The van der Waals surface area contributed by atoms with E-state index in [1.54, 1.807) is 0 Å². The van der Waals surface area contributed by atoms with Crippen LogP contribution in [0.4, 0.5) is 0 Å². The summed E-state index contributed by atoms with van der Waals surface area (Å²) in [5.41, 5.74) is 0.720. The lowest BCUT2D eigenvalue weighted by Crippen LogP contribution is -2.29. The van der Waals surface area contributed by atoms with Gasteiger partial charge in [0.25, 0.3) is 5.91 Å². The zero-order chi connectivity index (χ0) is 12.7. The molecule has 1 aromatic carbocycles. The van der Waals surface area contributed by atoms with Crippen LogP contribution in [-0.4, -0.2) is 18.3 Å². The Kier molecular flexibility index (Phi) is 6.89. The van der Waals surface area contributed by atoms with Crippen LogP contribution in [0.2, 0.25) is 0 Å². The number of halogens is 2. The molecule has 0 fully saturated rings. The smallest absolute Gasteiger partial charge is 0.251 e. The highest BCUT2D eigenvalue weighted by atomic mass is 127. The topological polar surface area (TPSA) is 29.1 Å². The number of alkyl halides is 1. The van der Waals surface area contributed by atoms with Gasteiger partial charge in [-0.2, -0.15) is 0 Å². The summed E-state index contributed by atoms with van der Waals surface area (Å²) in [6, 6.07) is 7.59. The summed E-state index contributed by atoms with van der Waals surface area (Å²) in [6.45, 7) is 2.82. The summed E-state index contributed by atoms with van der Waals surface area (Å²) in [4.78, 5) is 11.9. The maximum atomic E-state index is 11.9. The molecule has 0 aliphatic heterocycles. The van der Waals surface area contributed by atoms with Crippen LogP contribution >= 0.6 is 34.2 Å². The average Bonchev–Trinajstić information content (AvgIpc) is 2.34. The van der Waals surface area contributed by atoms with E-state index in [0.717, 1.165) is 22.0 Å². The Hall–Kier alpha value is -0.290. The van der Waals surface area contributed by atoms with Crippen molar-refractivity contribution in [2.45, 2.75) is 19.8 Å². The van der Waals surface area contributed by atoms with Crippen molar-refractivity contribution in [3.05, 3.63) is 33.4 Å². The molecule has 0 aromatic heterocycles. The molecule has 1 N–H and O–H groups in total. The van der Waals surface area contributed by atoms with Gasteiger partial charge >= 0.3 is 0 Å². The molecule has 0 bridgehead atoms. The Morgan fingerprint density at radius 1 is 1.53 bits per heavy atom. The van der Waals surface area contributed by atoms with E-state index in [4.69, 9.17) is 11.6 Å². The minimum atomic E-state index is -0.00321. The molecule has 1 unspecified atom stereocenters. The zero-order valence-corrected chi connectivity index (χ0v) is 12.8. The van der Waals surface area contributed by atoms with Gasteiger partial charge in [-0.3, -0.25) is 4.79 Å². The number of benzene rings is 1. The Morgan fingerprint density at radius 2 is 2.29 bits per heavy atom. The normalized spacial score (nSPS) is 12.2. The van der Waals surface area contributed by atoms with Crippen molar-refractivity contribution in [1.29, 1.82) is 0 Å². The molecule has 0 aliphatic carbocycles. The summed E-state index contributed by atoms with van der Waals surface area (Å²) < 4.78 is 1.07. The molecule has 0 aliphatic rings. The van der Waals surface area contributed by atoms with Gasteiger partial charge in [-0.05, 0) is 53.1 Å².